The molecule has 0 saturated heterocycles. The van der Waals surface area contributed by atoms with E-state index in [0.717, 1.165) is 41.1 Å². The van der Waals surface area contributed by atoms with Crippen LogP contribution in [0.4, 0.5) is 0 Å². The number of allylic oxidation sites excluding steroid dienone is 1. The van der Waals surface area contributed by atoms with Gasteiger partial charge in [0.25, 0.3) is 0 Å². The van der Waals surface area contributed by atoms with E-state index in [-0.39, 0.29) is 11.9 Å². The van der Waals surface area contributed by atoms with Crippen molar-refractivity contribution in [1.29, 1.82) is 0 Å². The van der Waals surface area contributed by atoms with Gasteiger partial charge in [-0.25, -0.2) is 0 Å². The van der Waals surface area contributed by atoms with Crippen molar-refractivity contribution < 1.29 is 18.1 Å². The van der Waals surface area contributed by atoms with E-state index in [4.69, 9.17) is 13.3 Å². The van der Waals surface area contributed by atoms with Gasteiger partial charge >= 0.3 is 8.80 Å². The van der Waals surface area contributed by atoms with Crippen LogP contribution >= 0.6 is 0 Å². The summed E-state index contributed by atoms with van der Waals surface area (Å²) in [5, 5.41) is 0. The number of carbonyl (C=O) groups excluding carboxylic acids is 1. The Labute approximate surface area is 219 Å². The van der Waals surface area contributed by atoms with Crippen LogP contribution in [0.2, 0.25) is 6.04 Å². The van der Waals surface area contributed by atoms with E-state index in [9.17, 15) is 4.79 Å². The van der Waals surface area contributed by atoms with Crippen molar-refractivity contribution in [2.45, 2.75) is 91.7 Å². The minimum atomic E-state index is -2.83. The average Bonchev–Trinajstić information content (AvgIpc) is 3.25. The third kappa shape index (κ3) is 6.63. The van der Waals surface area contributed by atoms with Gasteiger partial charge in [0.1, 0.15) is 0 Å². The molecule has 0 saturated carbocycles. The molecule has 0 fully saturated rings. The van der Waals surface area contributed by atoms with Gasteiger partial charge in [-0.2, -0.15) is 0 Å². The van der Waals surface area contributed by atoms with Gasteiger partial charge in [0.2, 0.25) is 0 Å². The number of hydrogen-bond acceptors (Lipinski definition) is 4. The highest BCUT2D eigenvalue weighted by Gasteiger charge is 2.42. The monoisotopic (exact) mass is 508 g/mol. The van der Waals surface area contributed by atoms with E-state index in [1.807, 2.05) is 26.0 Å². The number of rotatable bonds is 16. The maximum Gasteiger partial charge on any atom is 0.501 e. The molecule has 196 valence electrons. The summed E-state index contributed by atoms with van der Waals surface area (Å²) < 4.78 is 19.4. The third-order valence-corrected chi connectivity index (χ3v) is 10.2. The van der Waals surface area contributed by atoms with Crippen LogP contribution < -0.4 is 0 Å². The largest absolute Gasteiger partial charge is 0.501 e. The first-order valence-electron chi connectivity index (χ1n) is 13.8. The van der Waals surface area contributed by atoms with E-state index in [2.05, 4.69) is 44.7 Å². The summed E-state index contributed by atoms with van der Waals surface area (Å²) in [5.74, 6) is 0.0172. The van der Waals surface area contributed by atoms with Crippen molar-refractivity contribution in [2.24, 2.45) is 0 Å². The Hall–Kier alpha value is -2.05. The average molecular weight is 509 g/mol. The summed E-state index contributed by atoms with van der Waals surface area (Å²) in [4.78, 5) is 12.8. The fraction of sp³-hybridized carbons (Fsp3) is 0.516. The zero-order valence-electron chi connectivity index (χ0n) is 23.0. The van der Waals surface area contributed by atoms with Crippen molar-refractivity contribution >= 4 is 14.6 Å². The number of carbonyl (C=O) groups is 1. The van der Waals surface area contributed by atoms with Crippen molar-refractivity contribution in [3.05, 3.63) is 70.8 Å². The molecule has 0 bridgehead atoms. The lowest BCUT2D eigenvalue weighted by molar-refractivity contribution is 0.0370. The van der Waals surface area contributed by atoms with E-state index in [1.165, 1.54) is 43.2 Å². The molecule has 0 heterocycles. The topological polar surface area (TPSA) is 44.8 Å². The molecule has 0 spiro atoms. The molecule has 3 rings (SSSR count). The predicted octanol–water partition coefficient (Wildman–Crippen LogP) is 8.47. The zero-order valence-corrected chi connectivity index (χ0v) is 24.0. The third-order valence-electron chi connectivity index (χ3n) is 7.02. The molecule has 2 aromatic rings. The molecule has 1 aliphatic rings. The van der Waals surface area contributed by atoms with Gasteiger partial charge in [0, 0.05) is 24.8 Å². The van der Waals surface area contributed by atoms with Gasteiger partial charge in [-0.3, -0.25) is 4.79 Å². The first kappa shape index (κ1) is 28.5. The van der Waals surface area contributed by atoms with Gasteiger partial charge in [0.05, 0.1) is 6.10 Å². The normalized spacial score (nSPS) is 13.4. The van der Waals surface area contributed by atoms with Crippen molar-refractivity contribution in [3.8, 4) is 11.1 Å². The summed E-state index contributed by atoms with van der Waals surface area (Å²) in [6, 6.07) is 13.2. The quantitative estimate of drug-likeness (QED) is 0.0842. The first-order valence-corrected chi connectivity index (χ1v) is 15.7. The highest BCUT2D eigenvalue weighted by atomic mass is 28.4. The number of hydrogen-bond donors (Lipinski definition) is 0. The lowest BCUT2D eigenvalue weighted by Gasteiger charge is -2.32. The van der Waals surface area contributed by atoms with Crippen molar-refractivity contribution in [2.75, 3.05) is 13.2 Å². The van der Waals surface area contributed by atoms with Gasteiger partial charge in [-0.1, -0.05) is 82.0 Å². The molecule has 0 aliphatic heterocycles. The van der Waals surface area contributed by atoms with E-state index < -0.39 is 8.80 Å². The van der Waals surface area contributed by atoms with Crippen LogP contribution in [0, 0.1) is 0 Å². The highest BCUT2D eigenvalue weighted by Crippen LogP contribution is 2.43. The molecule has 1 atom stereocenters. The van der Waals surface area contributed by atoms with Crippen LogP contribution in [0.3, 0.4) is 0 Å². The Morgan fingerprint density at radius 2 is 1.53 bits per heavy atom. The summed E-state index contributed by atoms with van der Waals surface area (Å²) in [6.45, 7) is 15.2. The fourth-order valence-corrected chi connectivity index (χ4v) is 8.15. The van der Waals surface area contributed by atoms with Crippen LogP contribution in [0.1, 0.15) is 106 Å². The maximum atomic E-state index is 12.8. The highest BCUT2D eigenvalue weighted by molar-refractivity contribution is 6.60. The smallest absolute Gasteiger partial charge is 0.374 e. The Bertz CT molecular complexity index is 1040. The maximum absolute atomic E-state index is 12.8. The van der Waals surface area contributed by atoms with Crippen LogP contribution in [-0.4, -0.2) is 27.8 Å². The summed E-state index contributed by atoms with van der Waals surface area (Å²) in [5.41, 5.74) is 7.11. The summed E-state index contributed by atoms with van der Waals surface area (Å²) >= 11 is 0. The van der Waals surface area contributed by atoms with Crippen molar-refractivity contribution in [3.63, 3.8) is 0 Å². The Kier molecular flexibility index (Phi) is 10.7. The Balaban J connectivity index is 1.84. The van der Waals surface area contributed by atoms with Crippen LogP contribution in [0.5, 0.6) is 0 Å². The standard InChI is InChI=1S/C31H44O4Si/c1-7-10-11-12-13-14-21-36(33-8-2,34-9-3)35-24(6)25-17-15-18-26-27-19-16-20-28(31(32)23(4)5)30(27)22-29(25)26/h15-20,24H,4,7-14,21-22H2,1-3,5-6H3. The SMILES string of the molecule is C=C(C)C(=O)c1cccc2c1Cc1c-2cccc1C(C)O[Si](CCCCCCCC)(OCC)OCC. The molecule has 36 heavy (non-hydrogen) atoms. The molecule has 5 heteroatoms. The van der Waals surface area contributed by atoms with Crippen molar-refractivity contribution in [1.82, 2.24) is 0 Å². The fourth-order valence-electron chi connectivity index (χ4n) is 5.29. The summed E-state index contributed by atoms with van der Waals surface area (Å²) in [6.07, 6.45) is 7.90. The first-order chi connectivity index (χ1) is 17.4. The lowest BCUT2D eigenvalue weighted by atomic mass is 9.96. The van der Waals surface area contributed by atoms with Crippen LogP contribution in [0.25, 0.3) is 11.1 Å². The molecule has 0 amide bonds. The molecule has 1 unspecified atom stereocenters. The van der Waals surface area contributed by atoms with Crippen LogP contribution in [0.15, 0.2) is 48.6 Å². The molecule has 1 aliphatic carbocycles. The Morgan fingerprint density at radius 3 is 2.17 bits per heavy atom. The number of unbranched alkanes of at least 4 members (excludes halogenated alkanes) is 5. The molecule has 4 nitrogen and oxygen atoms in total. The lowest BCUT2D eigenvalue weighted by Crippen LogP contribution is -2.46. The molecule has 2 aromatic carbocycles. The number of benzene rings is 2. The molecule has 0 N–H and O–H groups in total. The van der Waals surface area contributed by atoms with E-state index in [1.54, 1.807) is 6.92 Å². The summed E-state index contributed by atoms with van der Waals surface area (Å²) in [7, 11) is -2.83. The van der Waals surface area contributed by atoms with E-state index in [0.29, 0.717) is 18.8 Å². The number of fused-ring (bicyclic) bond motifs is 3. The second-order valence-corrected chi connectivity index (χ2v) is 12.5. The predicted molar refractivity (Wildman–Crippen MR) is 151 cm³/mol. The van der Waals surface area contributed by atoms with Gasteiger partial charge in [-0.05, 0) is 73.9 Å². The molecule has 0 aromatic heterocycles. The molecular formula is C31H44O4Si. The van der Waals surface area contributed by atoms with Gasteiger partial charge in [-0.15, -0.1) is 0 Å². The molecular weight excluding hydrogens is 464 g/mol. The minimum absolute atomic E-state index is 0.0172. The number of Topliss-reactive ketones (excluding diaryl/α,β-unsaturated/α-hetero) is 1. The van der Waals surface area contributed by atoms with E-state index >= 15 is 0 Å². The van der Waals surface area contributed by atoms with Crippen LogP contribution in [-0.2, 0) is 19.7 Å². The number of ketones is 1. The minimum Gasteiger partial charge on any atom is -0.374 e. The second kappa shape index (κ2) is 13.5. The zero-order chi connectivity index (χ0) is 26.1. The second-order valence-electron chi connectivity index (χ2n) is 9.82. The Morgan fingerprint density at radius 1 is 0.917 bits per heavy atom. The van der Waals surface area contributed by atoms with Gasteiger partial charge < -0.3 is 13.3 Å². The van der Waals surface area contributed by atoms with Gasteiger partial charge in [0.15, 0.2) is 5.78 Å². The molecule has 0 radical (unpaired) electrons.